The van der Waals surface area contributed by atoms with Crippen molar-refractivity contribution in [3.8, 4) is 51.0 Å². The van der Waals surface area contributed by atoms with Crippen molar-refractivity contribution in [2.24, 2.45) is 0 Å². The molecule has 0 radical (unpaired) electrons. The molecule has 0 unspecified atom stereocenters. The third-order valence-corrected chi connectivity index (χ3v) is 11.1. The molecule has 12 rings (SSSR count). The second-order valence-corrected chi connectivity index (χ2v) is 14.4. The summed E-state index contributed by atoms with van der Waals surface area (Å²) in [5.74, 6) is 1.83. The van der Waals surface area contributed by atoms with E-state index in [0.29, 0.717) is 17.5 Å². The van der Waals surface area contributed by atoms with Crippen molar-refractivity contribution >= 4 is 65.7 Å². The van der Waals surface area contributed by atoms with E-state index in [0.717, 1.165) is 88.4 Å². The molecule has 6 heteroatoms. The van der Waals surface area contributed by atoms with Crippen molar-refractivity contribution in [1.82, 2.24) is 19.5 Å². The van der Waals surface area contributed by atoms with Crippen LogP contribution in [0.5, 0.6) is 0 Å². The maximum Gasteiger partial charge on any atom is 0.164 e. The van der Waals surface area contributed by atoms with E-state index in [1.807, 2.05) is 84.9 Å². The fourth-order valence-electron chi connectivity index (χ4n) is 8.44. The molecule has 0 aliphatic rings. The minimum absolute atomic E-state index is 0.590. The molecule has 12 aromatic rings. The standard InChI is InChI=1S/C51H30N4O2/c1-3-13-31(14-4-1)49-52-50(32-15-5-2-6-16-32)54-51(53-49)38-20-12-24-46-47(38)37-19-11-22-43(48(37)57-46)55-41-21-9-7-17-35(41)39-29-33(25-27-42(39)55)34-26-28-45-40(30-34)36-18-8-10-23-44(36)56-45/h1-30H. The van der Waals surface area contributed by atoms with Crippen LogP contribution in [0, 0.1) is 0 Å². The molecule has 4 aromatic heterocycles. The highest BCUT2D eigenvalue weighted by Gasteiger charge is 2.22. The van der Waals surface area contributed by atoms with Crippen molar-refractivity contribution in [3.05, 3.63) is 182 Å². The number of benzene rings is 8. The summed E-state index contributed by atoms with van der Waals surface area (Å²) in [6.07, 6.45) is 0. The summed E-state index contributed by atoms with van der Waals surface area (Å²) < 4.78 is 15.3. The number of hydrogen-bond acceptors (Lipinski definition) is 5. The molecule has 0 saturated heterocycles. The predicted molar refractivity (Wildman–Crippen MR) is 230 cm³/mol. The fourth-order valence-corrected chi connectivity index (χ4v) is 8.44. The van der Waals surface area contributed by atoms with E-state index in [9.17, 15) is 0 Å². The first-order valence-electron chi connectivity index (χ1n) is 19.0. The van der Waals surface area contributed by atoms with Gasteiger partial charge < -0.3 is 13.4 Å². The second kappa shape index (κ2) is 12.3. The van der Waals surface area contributed by atoms with Gasteiger partial charge >= 0.3 is 0 Å². The van der Waals surface area contributed by atoms with Gasteiger partial charge in [-0.05, 0) is 59.7 Å². The van der Waals surface area contributed by atoms with Gasteiger partial charge in [-0.25, -0.2) is 15.0 Å². The van der Waals surface area contributed by atoms with Crippen LogP contribution in [0.15, 0.2) is 191 Å². The van der Waals surface area contributed by atoms with E-state index in [4.69, 9.17) is 23.8 Å². The number of rotatable bonds is 5. The third-order valence-electron chi connectivity index (χ3n) is 11.1. The van der Waals surface area contributed by atoms with Crippen LogP contribution in [0.25, 0.3) is 117 Å². The summed E-state index contributed by atoms with van der Waals surface area (Å²) in [5.41, 5.74) is 11.5. The SMILES string of the molecule is c1ccc(-c2nc(-c3ccccc3)nc(-c3cccc4oc5c(-n6c7ccccc7c7cc(-c8ccc9oc%10ccccc%10c9c8)ccc76)cccc5c34)n2)cc1. The van der Waals surface area contributed by atoms with Crippen LogP contribution >= 0.6 is 0 Å². The van der Waals surface area contributed by atoms with Gasteiger partial charge in [-0.3, -0.25) is 0 Å². The summed E-state index contributed by atoms with van der Waals surface area (Å²) >= 11 is 0. The van der Waals surface area contributed by atoms with Crippen LogP contribution in [0.3, 0.4) is 0 Å². The minimum Gasteiger partial charge on any atom is -0.456 e. The highest BCUT2D eigenvalue weighted by Crippen LogP contribution is 2.42. The van der Waals surface area contributed by atoms with Crippen LogP contribution in [0.4, 0.5) is 0 Å². The summed E-state index contributed by atoms with van der Waals surface area (Å²) in [5, 5.41) is 6.53. The fraction of sp³-hybridized carbons (Fsp3) is 0. The Kier molecular flexibility index (Phi) is 6.83. The van der Waals surface area contributed by atoms with Gasteiger partial charge in [-0.1, -0.05) is 133 Å². The molecule has 8 aromatic carbocycles. The zero-order valence-electron chi connectivity index (χ0n) is 30.4. The molecule has 6 nitrogen and oxygen atoms in total. The Morgan fingerprint density at radius 2 is 0.930 bits per heavy atom. The van der Waals surface area contributed by atoms with Gasteiger partial charge in [-0.2, -0.15) is 0 Å². The molecule has 4 heterocycles. The lowest BCUT2D eigenvalue weighted by Gasteiger charge is -2.10. The summed E-state index contributed by atoms with van der Waals surface area (Å²) in [4.78, 5) is 15.1. The van der Waals surface area contributed by atoms with E-state index in [1.54, 1.807) is 0 Å². The largest absolute Gasteiger partial charge is 0.456 e. The molecule has 0 aliphatic heterocycles. The monoisotopic (exact) mass is 730 g/mol. The molecular weight excluding hydrogens is 701 g/mol. The molecule has 0 fully saturated rings. The summed E-state index contributed by atoms with van der Waals surface area (Å²) in [7, 11) is 0. The Bertz CT molecular complexity index is 3470. The first-order chi connectivity index (χ1) is 28.2. The summed E-state index contributed by atoms with van der Waals surface area (Å²) in [6.45, 7) is 0. The predicted octanol–water partition coefficient (Wildman–Crippen LogP) is 13.4. The second-order valence-electron chi connectivity index (χ2n) is 14.4. The van der Waals surface area contributed by atoms with Crippen LogP contribution in [-0.4, -0.2) is 19.5 Å². The lowest BCUT2D eigenvalue weighted by molar-refractivity contribution is 0.666. The molecule has 0 amide bonds. The zero-order chi connectivity index (χ0) is 37.5. The maximum absolute atomic E-state index is 6.86. The molecule has 0 bridgehead atoms. The Morgan fingerprint density at radius 3 is 1.72 bits per heavy atom. The maximum atomic E-state index is 6.86. The van der Waals surface area contributed by atoms with E-state index in [1.165, 1.54) is 10.8 Å². The quantitative estimate of drug-likeness (QED) is 0.176. The third kappa shape index (κ3) is 4.94. The Labute approximate surface area is 325 Å². The Balaban J connectivity index is 1.05. The van der Waals surface area contributed by atoms with Crippen molar-refractivity contribution in [1.29, 1.82) is 0 Å². The molecule has 0 saturated carbocycles. The molecular formula is C51H30N4O2. The van der Waals surface area contributed by atoms with Gasteiger partial charge in [0.1, 0.15) is 16.7 Å². The number of aromatic nitrogens is 4. The van der Waals surface area contributed by atoms with Crippen LogP contribution in [0.1, 0.15) is 0 Å². The van der Waals surface area contributed by atoms with Crippen molar-refractivity contribution < 1.29 is 8.83 Å². The lowest BCUT2D eigenvalue weighted by atomic mass is 10.0. The molecule has 0 atom stereocenters. The van der Waals surface area contributed by atoms with Gasteiger partial charge in [0, 0.05) is 49.0 Å². The Morgan fingerprint density at radius 1 is 0.351 bits per heavy atom. The van der Waals surface area contributed by atoms with Crippen LogP contribution in [-0.2, 0) is 0 Å². The highest BCUT2D eigenvalue weighted by atomic mass is 16.3. The molecule has 266 valence electrons. The van der Waals surface area contributed by atoms with Gasteiger partial charge in [0.15, 0.2) is 23.1 Å². The van der Waals surface area contributed by atoms with Crippen molar-refractivity contribution in [2.45, 2.75) is 0 Å². The van der Waals surface area contributed by atoms with E-state index in [-0.39, 0.29) is 0 Å². The molecule has 57 heavy (non-hydrogen) atoms. The molecule has 0 N–H and O–H groups in total. The van der Waals surface area contributed by atoms with Crippen LogP contribution in [0.2, 0.25) is 0 Å². The number of fused-ring (bicyclic) bond motifs is 9. The smallest absolute Gasteiger partial charge is 0.164 e. The van der Waals surface area contributed by atoms with Gasteiger partial charge in [0.05, 0.1) is 16.7 Å². The van der Waals surface area contributed by atoms with Crippen molar-refractivity contribution in [2.75, 3.05) is 0 Å². The van der Waals surface area contributed by atoms with E-state index < -0.39 is 0 Å². The molecule has 0 aliphatic carbocycles. The number of hydrogen-bond donors (Lipinski definition) is 0. The number of para-hydroxylation sites is 3. The van der Waals surface area contributed by atoms with E-state index >= 15 is 0 Å². The normalized spacial score (nSPS) is 11.9. The zero-order valence-corrected chi connectivity index (χ0v) is 30.4. The lowest BCUT2D eigenvalue weighted by Crippen LogP contribution is -2.00. The average Bonchev–Trinajstić information content (AvgIpc) is 3.96. The van der Waals surface area contributed by atoms with E-state index in [2.05, 4.69) is 102 Å². The van der Waals surface area contributed by atoms with Crippen molar-refractivity contribution in [3.63, 3.8) is 0 Å². The topological polar surface area (TPSA) is 69.9 Å². The first-order valence-corrected chi connectivity index (χ1v) is 19.0. The van der Waals surface area contributed by atoms with Gasteiger partial charge in [0.25, 0.3) is 0 Å². The highest BCUT2D eigenvalue weighted by molar-refractivity contribution is 6.16. The number of furan rings is 2. The first kappa shape index (κ1) is 31.5. The summed E-state index contributed by atoms with van der Waals surface area (Å²) in [6, 6.07) is 62.7. The average molecular weight is 731 g/mol. The minimum atomic E-state index is 0.590. The Hall–Kier alpha value is -7.83. The van der Waals surface area contributed by atoms with Gasteiger partial charge in [0.2, 0.25) is 0 Å². The van der Waals surface area contributed by atoms with Crippen LogP contribution < -0.4 is 0 Å². The number of nitrogens with zero attached hydrogens (tertiary/aromatic N) is 4. The molecule has 0 spiro atoms. The van der Waals surface area contributed by atoms with Gasteiger partial charge in [-0.15, -0.1) is 0 Å².